The molecule has 3 N–H and O–H groups in total. The number of benzene rings is 2. The summed E-state index contributed by atoms with van der Waals surface area (Å²) in [6.45, 7) is 0. The van der Waals surface area contributed by atoms with Crippen molar-refractivity contribution >= 4 is 45.7 Å². The fourth-order valence-electron chi connectivity index (χ4n) is 1.97. The van der Waals surface area contributed by atoms with E-state index in [9.17, 15) is 9.90 Å². The molecular weight excluding hydrogens is 313 g/mol. The number of para-hydroxylation sites is 1. The van der Waals surface area contributed by atoms with Crippen LogP contribution in [0.25, 0.3) is 10.9 Å². The molecule has 0 amide bonds. The van der Waals surface area contributed by atoms with Crippen LogP contribution in [-0.4, -0.2) is 15.1 Å². The third-order valence-electron chi connectivity index (χ3n) is 2.84. The molecule has 1 aromatic heterocycles. The molecule has 2 aromatic carbocycles. The number of halogens is 2. The Morgan fingerprint density at radius 3 is 2.57 bits per heavy atom. The number of phenols is 1. The second kappa shape index (κ2) is 5.27. The smallest absolute Gasteiger partial charge is 0.260 e. The van der Waals surface area contributed by atoms with Gasteiger partial charge in [-0.05, 0) is 30.3 Å². The Kier molecular flexibility index (Phi) is 3.45. The molecule has 0 spiro atoms. The summed E-state index contributed by atoms with van der Waals surface area (Å²) >= 11 is 11.8. The molecule has 106 valence electrons. The first-order valence-corrected chi connectivity index (χ1v) is 6.73. The van der Waals surface area contributed by atoms with E-state index in [1.165, 1.54) is 6.07 Å². The second-order valence-electron chi connectivity index (χ2n) is 4.37. The normalized spacial score (nSPS) is 10.8. The number of phenolic OH excluding ortho intramolecular Hbond substituents is 1. The lowest BCUT2D eigenvalue weighted by molar-refractivity contribution is 0.480. The van der Waals surface area contributed by atoms with Crippen molar-refractivity contribution in [3.8, 4) is 5.75 Å². The van der Waals surface area contributed by atoms with Gasteiger partial charge >= 0.3 is 0 Å². The third-order valence-corrected chi connectivity index (χ3v) is 3.28. The fraction of sp³-hybridized carbons (Fsp3) is 0. The second-order valence-corrected chi connectivity index (χ2v) is 5.24. The van der Waals surface area contributed by atoms with Crippen molar-refractivity contribution in [1.29, 1.82) is 0 Å². The van der Waals surface area contributed by atoms with Gasteiger partial charge in [0.05, 0.1) is 5.39 Å². The van der Waals surface area contributed by atoms with Gasteiger partial charge in [0.1, 0.15) is 11.3 Å². The highest BCUT2D eigenvalue weighted by atomic mass is 35.5. The number of hydrogen-bond donors (Lipinski definition) is 3. The average Bonchev–Trinajstić information content (AvgIpc) is 2.39. The quantitative estimate of drug-likeness (QED) is 0.672. The van der Waals surface area contributed by atoms with E-state index in [0.717, 1.165) is 0 Å². The highest BCUT2D eigenvalue weighted by Gasteiger charge is 2.08. The van der Waals surface area contributed by atoms with Gasteiger partial charge in [0, 0.05) is 15.7 Å². The van der Waals surface area contributed by atoms with E-state index >= 15 is 0 Å². The summed E-state index contributed by atoms with van der Waals surface area (Å²) in [7, 11) is 0. The molecule has 21 heavy (non-hydrogen) atoms. The van der Waals surface area contributed by atoms with Gasteiger partial charge < -0.3 is 10.4 Å². The third kappa shape index (κ3) is 2.79. The van der Waals surface area contributed by atoms with Crippen LogP contribution in [0.15, 0.2) is 41.2 Å². The minimum Gasteiger partial charge on any atom is -0.506 e. The van der Waals surface area contributed by atoms with E-state index in [1.54, 1.807) is 30.3 Å². The highest BCUT2D eigenvalue weighted by molar-refractivity contribution is 6.35. The van der Waals surface area contributed by atoms with E-state index < -0.39 is 0 Å². The van der Waals surface area contributed by atoms with Crippen LogP contribution in [0.3, 0.4) is 0 Å². The SMILES string of the molecule is O=c1[nH]c(Nc2cc(Cl)cc(Cl)c2)nc2c(O)cccc12. The Morgan fingerprint density at radius 2 is 1.86 bits per heavy atom. The van der Waals surface area contributed by atoms with Crippen LogP contribution in [-0.2, 0) is 0 Å². The molecule has 3 aromatic rings. The van der Waals surface area contributed by atoms with Crippen molar-refractivity contribution in [2.24, 2.45) is 0 Å². The standard InChI is InChI=1S/C14H9Cl2N3O2/c15-7-4-8(16)6-9(5-7)17-14-18-12-10(13(21)19-14)2-1-3-11(12)20/h1-6,20H,(H2,17,18,19,21). The van der Waals surface area contributed by atoms with Gasteiger partial charge in [-0.1, -0.05) is 29.3 Å². The average molecular weight is 322 g/mol. The molecule has 0 atom stereocenters. The van der Waals surface area contributed by atoms with Crippen molar-refractivity contribution in [2.75, 3.05) is 5.32 Å². The number of nitrogens with one attached hydrogen (secondary N) is 2. The number of nitrogens with zero attached hydrogens (tertiary/aromatic N) is 1. The molecule has 0 saturated heterocycles. The van der Waals surface area contributed by atoms with Gasteiger partial charge in [-0.3, -0.25) is 9.78 Å². The van der Waals surface area contributed by atoms with E-state index in [1.807, 2.05) is 0 Å². The van der Waals surface area contributed by atoms with Crippen LogP contribution < -0.4 is 10.9 Å². The zero-order chi connectivity index (χ0) is 15.0. The zero-order valence-electron chi connectivity index (χ0n) is 10.5. The van der Waals surface area contributed by atoms with Gasteiger partial charge in [-0.15, -0.1) is 0 Å². The number of rotatable bonds is 2. The number of aromatic nitrogens is 2. The predicted molar refractivity (Wildman–Crippen MR) is 83.8 cm³/mol. The summed E-state index contributed by atoms with van der Waals surface area (Å²) in [4.78, 5) is 18.8. The summed E-state index contributed by atoms with van der Waals surface area (Å²) in [5.41, 5.74) is 0.439. The molecule has 1 heterocycles. The Bertz CT molecular complexity index is 873. The van der Waals surface area contributed by atoms with Crippen molar-refractivity contribution in [2.45, 2.75) is 0 Å². The van der Waals surface area contributed by atoms with Gasteiger partial charge in [-0.2, -0.15) is 0 Å². The number of aromatic amines is 1. The minimum atomic E-state index is -0.355. The Labute approximate surface area is 129 Å². The first-order chi connectivity index (χ1) is 10.0. The topological polar surface area (TPSA) is 78.0 Å². The van der Waals surface area contributed by atoms with Crippen LogP contribution >= 0.6 is 23.2 Å². The van der Waals surface area contributed by atoms with Crippen molar-refractivity contribution in [3.05, 3.63) is 56.8 Å². The molecule has 0 aliphatic heterocycles. The zero-order valence-corrected chi connectivity index (χ0v) is 12.0. The number of H-pyrrole nitrogens is 1. The highest BCUT2D eigenvalue weighted by Crippen LogP contribution is 2.25. The first-order valence-electron chi connectivity index (χ1n) is 5.98. The molecule has 0 unspecified atom stereocenters. The maximum absolute atomic E-state index is 12.0. The van der Waals surface area contributed by atoms with Crippen LogP contribution in [0.5, 0.6) is 5.75 Å². The molecule has 0 bridgehead atoms. The summed E-state index contributed by atoms with van der Waals surface area (Å²) in [6, 6.07) is 9.51. The van der Waals surface area contributed by atoms with Gasteiger partial charge in [0.25, 0.3) is 5.56 Å². The molecule has 0 aliphatic carbocycles. The Morgan fingerprint density at radius 1 is 1.14 bits per heavy atom. The van der Waals surface area contributed by atoms with Crippen molar-refractivity contribution in [1.82, 2.24) is 9.97 Å². The molecule has 3 rings (SSSR count). The first kappa shape index (κ1) is 13.7. The lowest BCUT2D eigenvalue weighted by atomic mass is 10.2. The monoisotopic (exact) mass is 321 g/mol. The summed E-state index contributed by atoms with van der Waals surface area (Å²) in [6.07, 6.45) is 0. The minimum absolute atomic E-state index is 0.0641. The molecule has 5 nitrogen and oxygen atoms in total. The van der Waals surface area contributed by atoms with Crippen LogP contribution in [0.1, 0.15) is 0 Å². The maximum Gasteiger partial charge on any atom is 0.260 e. The number of fused-ring (bicyclic) bond motifs is 1. The largest absolute Gasteiger partial charge is 0.506 e. The molecule has 0 fully saturated rings. The summed E-state index contributed by atoms with van der Waals surface area (Å²) in [5, 5.41) is 13.9. The molecular formula is C14H9Cl2N3O2. The van der Waals surface area contributed by atoms with Gasteiger partial charge in [0.2, 0.25) is 5.95 Å². The Hall–Kier alpha value is -2.24. The van der Waals surface area contributed by atoms with Gasteiger partial charge in [-0.25, -0.2) is 4.98 Å². The summed E-state index contributed by atoms with van der Waals surface area (Å²) < 4.78 is 0. The molecule has 0 aliphatic rings. The van der Waals surface area contributed by atoms with Crippen LogP contribution in [0.2, 0.25) is 10.0 Å². The molecule has 0 saturated carbocycles. The lowest BCUT2D eigenvalue weighted by Gasteiger charge is -2.08. The van der Waals surface area contributed by atoms with E-state index in [0.29, 0.717) is 21.1 Å². The van der Waals surface area contributed by atoms with Gasteiger partial charge in [0.15, 0.2) is 0 Å². The van der Waals surface area contributed by atoms with E-state index in [4.69, 9.17) is 23.2 Å². The van der Waals surface area contributed by atoms with Crippen LogP contribution in [0.4, 0.5) is 11.6 Å². The summed E-state index contributed by atoms with van der Waals surface area (Å²) in [5.74, 6) is 0.123. The van der Waals surface area contributed by atoms with Crippen LogP contribution in [0, 0.1) is 0 Å². The van der Waals surface area contributed by atoms with E-state index in [2.05, 4.69) is 15.3 Å². The number of aromatic hydroxyl groups is 1. The van der Waals surface area contributed by atoms with E-state index in [-0.39, 0.29) is 22.8 Å². The fourth-order valence-corrected chi connectivity index (χ4v) is 2.49. The maximum atomic E-state index is 12.0. The predicted octanol–water partition coefficient (Wildman–Crippen LogP) is 3.68. The van der Waals surface area contributed by atoms with Crippen molar-refractivity contribution < 1.29 is 5.11 Å². The Balaban J connectivity index is 2.09. The number of hydrogen-bond acceptors (Lipinski definition) is 4. The number of anilines is 2. The molecule has 0 radical (unpaired) electrons. The van der Waals surface area contributed by atoms with Crippen molar-refractivity contribution in [3.63, 3.8) is 0 Å². The lowest BCUT2D eigenvalue weighted by Crippen LogP contribution is -2.11. The molecule has 7 heteroatoms.